The average molecular weight is 431 g/mol. The maximum atomic E-state index is 13.3. The Labute approximate surface area is 185 Å². The quantitative estimate of drug-likeness (QED) is 0.504. The Morgan fingerprint density at radius 1 is 1.19 bits per heavy atom. The lowest BCUT2D eigenvalue weighted by Gasteiger charge is -2.23. The third-order valence-electron chi connectivity index (χ3n) is 6.08. The van der Waals surface area contributed by atoms with Crippen LogP contribution in [-0.2, 0) is 25.8 Å². The molecule has 0 saturated carbocycles. The zero-order valence-corrected chi connectivity index (χ0v) is 18.5. The fourth-order valence-corrected chi connectivity index (χ4v) is 5.60. The van der Waals surface area contributed by atoms with Crippen molar-refractivity contribution in [3.63, 3.8) is 0 Å². The zero-order chi connectivity index (χ0) is 21.2. The fraction of sp³-hybridized carbons (Fsp3) is 0.320. The van der Waals surface area contributed by atoms with Crippen molar-refractivity contribution in [2.24, 2.45) is 0 Å². The second-order valence-corrected chi connectivity index (χ2v) is 9.44. The van der Waals surface area contributed by atoms with E-state index in [1.807, 2.05) is 18.5 Å². The molecule has 0 spiro atoms. The highest BCUT2D eigenvalue weighted by atomic mass is 32.1. The van der Waals surface area contributed by atoms with Gasteiger partial charge < -0.3 is 5.32 Å². The number of pyridine rings is 1. The summed E-state index contributed by atoms with van der Waals surface area (Å²) in [5.74, 6) is 0. The molecule has 1 unspecified atom stereocenters. The minimum Gasteiger partial charge on any atom is -0.313 e. The van der Waals surface area contributed by atoms with Crippen LogP contribution in [0.25, 0.3) is 10.2 Å². The van der Waals surface area contributed by atoms with Gasteiger partial charge in [-0.05, 0) is 61.9 Å². The third-order valence-corrected chi connectivity index (χ3v) is 7.24. The van der Waals surface area contributed by atoms with E-state index in [4.69, 9.17) is 0 Å². The molecule has 158 valence electrons. The number of nitrogens with one attached hydrogen (secondary N) is 1. The SMILES string of the molecule is Cc1ccc(Cn2cnc3sc4c(c3c2=O)CCC(NCCc2cccnc2)C4)cc1. The Hall–Kier alpha value is -2.83. The average Bonchev–Trinajstić information content (AvgIpc) is 3.16. The third kappa shape index (κ3) is 4.31. The summed E-state index contributed by atoms with van der Waals surface area (Å²) in [6.45, 7) is 3.57. The summed E-state index contributed by atoms with van der Waals surface area (Å²) in [5.41, 5.74) is 4.91. The van der Waals surface area contributed by atoms with Crippen molar-refractivity contribution < 1.29 is 0 Å². The Morgan fingerprint density at radius 2 is 2.06 bits per heavy atom. The molecule has 0 radical (unpaired) electrons. The molecule has 5 rings (SSSR count). The molecule has 6 heteroatoms. The summed E-state index contributed by atoms with van der Waals surface area (Å²) in [5, 5.41) is 4.53. The van der Waals surface area contributed by atoms with Crippen molar-refractivity contribution in [3.8, 4) is 0 Å². The van der Waals surface area contributed by atoms with Crippen molar-refractivity contribution in [2.45, 2.75) is 45.2 Å². The molecular formula is C25H26N4OS. The van der Waals surface area contributed by atoms with E-state index in [0.717, 1.165) is 48.0 Å². The first-order valence-corrected chi connectivity index (χ1v) is 11.7. The summed E-state index contributed by atoms with van der Waals surface area (Å²) in [6, 6.07) is 12.9. The van der Waals surface area contributed by atoms with E-state index in [9.17, 15) is 4.79 Å². The lowest BCUT2D eigenvalue weighted by molar-refractivity contribution is 0.466. The summed E-state index contributed by atoms with van der Waals surface area (Å²) in [4.78, 5) is 24.3. The first-order chi connectivity index (χ1) is 15.2. The van der Waals surface area contributed by atoms with Gasteiger partial charge >= 0.3 is 0 Å². The molecule has 0 aliphatic heterocycles. The molecule has 0 fully saturated rings. The van der Waals surface area contributed by atoms with Gasteiger partial charge in [-0.15, -0.1) is 11.3 Å². The largest absolute Gasteiger partial charge is 0.313 e. The molecule has 1 aromatic carbocycles. The Bertz CT molecular complexity index is 1240. The lowest BCUT2D eigenvalue weighted by Crippen LogP contribution is -2.35. The van der Waals surface area contributed by atoms with Gasteiger partial charge in [-0.25, -0.2) is 4.98 Å². The number of thiophene rings is 1. The minimum absolute atomic E-state index is 0.0889. The molecule has 4 aromatic rings. The number of aromatic nitrogens is 3. The van der Waals surface area contributed by atoms with Gasteiger partial charge in [0.1, 0.15) is 4.83 Å². The van der Waals surface area contributed by atoms with Gasteiger partial charge in [0.15, 0.2) is 0 Å². The maximum absolute atomic E-state index is 13.3. The number of nitrogens with zero attached hydrogens (tertiary/aromatic N) is 3. The van der Waals surface area contributed by atoms with Gasteiger partial charge in [0.2, 0.25) is 0 Å². The standard InChI is InChI=1S/C25H26N4OS/c1-17-4-6-19(7-5-17)15-29-16-28-24-23(25(29)30)21-9-8-20(13-22(21)31-24)27-12-10-18-3-2-11-26-14-18/h2-7,11,14,16,20,27H,8-10,12-13,15H2,1H3. The van der Waals surface area contributed by atoms with Gasteiger partial charge in [0.05, 0.1) is 18.3 Å². The molecule has 0 bridgehead atoms. The predicted molar refractivity (Wildman–Crippen MR) is 126 cm³/mol. The molecule has 3 heterocycles. The number of benzene rings is 1. The van der Waals surface area contributed by atoms with Crippen molar-refractivity contribution >= 4 is 21.6 Å². The highest BCUT2D eigenvalue weighted by Gasteiger charge is 2.25. The molecule has 1 aliphatic rings. The summed E-state index contributed by atoms with van der Waals surface area (Å²) in [7, 11) is 0. The molecule has 1 N–H and O–H groups in total. The molecule has 0 amide bonds. The number of fused-ring (bicyclic) bond motifs is 3. The Kier molecular flexibility index (Phi) is 5.66. The molecule has 5 nitrogen and oxygen atoms in total. The van der Waals surface area contributed by atoms with Crippen LogP contribution in [0.4, 0.5) is 0 Å². The van der Waals surface area contributed by atoms with Crippen molar-refractivity contribution in [3.05, 3.63) is 92.6 Å². The van der Waals surface area contributed by atoms with Crippen LogP contribution in [0.3, 0.4) is 0 Å². The lowest BCUT2D eigenvalue weighted by atomic mass is 9.93. The van der Waals surface area contributed by atoms with Crippen LogP contribution in [0.15, 0.2) is 59.9 Å². The predicted octanol–water partition coefficient (Wildman–Crippen LogP) is 3.90. The highest BCUT2D eigenvalue weighted by Crippen LogP contribution is 2.33. The van der Waals surface area contributed by atoms with E-state index in [-0.39, 0.29) is 5.56 Å². The molecule has 1 aliphatic carbocycles. The first kappa shape index (κ1) is 20.1. The Morgan fingerprint density at radius 3 is 2.87 bits per heavy atom. The van der Waals surface area contributed by atoms with Gasteiger partial charge in [0.25, 0.3) is 5.56 Å². The number of aryl methyl sites for hydroxylation is 2. The summed E-state index contributed by atoms with van der Waals surface area (Å²) < 4.78 is 1.75. The number of rotatable bonds is 6. The van der Waals surface area contributed by atoms with Crippen molar-refractivity contribution in [1.29, 1.82) is 0 Å². The van der Waals surface area contributed by atoms with Gasteiger partial charge in [-0.3, -0.25) is 14.3 Å². The monoisotopic (exact) mass is 430 g/mol. The van der Waals surface area contributed by atoms with Crippen molar-refractivity contribution in [1.82, 2.24) is 19.9 Å². The van der Waals surface area contributed by atoms with Crippen LogP contribution < -0.4 is 10.9 Å². The van der Waals surface area contributed by atoms with Gasteiger partial charge in [-0.1, -0.05) is 35.9 Å². The van der Waals surface area contributed by atoms with E-state index < -0.39 is 0 Å². The van der Waals surface area contributed by atoms with E-state index in [2.05, 4.69) is 52.5 Å². The van der Waals surface area contributed by atoms with Crippen LogP contribution in [0, 0.1) is 6.92 Å². The second kappa shape index (κ2) is 8.73. The fourth-order valence-electron chi connectivity index (χ4n) is 4.34. The minimum atomic E-state index is 0.0889. The highest BCUT2D eigenvalue weighted by molar-refractivity contribution is 7.18. The van der Waals surface area contributed by atoms with Crippen LogP contribution in [0.5, 0.6) is 0 Å². The normalized spacial score (nSPS) is 15.8. The second-order valence-electron chi connectivity index (χ2n) is 8.35. The topological polar surface area (TPSA) is 59.8 Å². The Balaban J connectivity index is 1.31. The van der Waals surface area contributed by atoms with Gasteiger partial charge in [-0.2, -0.15) is 0 Å². The first-order valence-electron chi connectivity index (χ1n) is 10.8. The summed E-state index contributed by atoms with van der Waals surface area (Å²) in [6.07, 6.45) is 9.39. The van der Waals surface area contributed by atoms with Crippen molar-refractivity contribution in [2.75, 3.05) is 6.54 Å². The smallest absolute Gasteiger partial charge is 0.262 e. The van der Waals surface area contributed by atoms with E-state index in [1.54, 1.807) is 22.2 Å². The zero-order valence-electron chi connectivity index (χ0n) is 17.7. The van der Waals surface area contributed by atoms with E-state index >= 15 is 0 Å². The summed E-state index contributed by atoms with van der Waals surface area (Å²) >= 11 is 1.69. The van der Waals surface area contributed by atoms with Crippen LogP contribution in [0.1, 0.15) is 33.6 Å². The van der Waals surface area contributed by atoms with Crippen LogP contribution in [-0.4, -0.2) is 27.1 Å². The molecular weight excluding hydrogens is 404 g/mol. The number of hydrogen-bond donors (Lipinski definition) is 1. The maximum Gasteiger partial charge on any atom is 0.262 e. The van der Waals surface area contributed by atoms with E-state index in [0.29, 0.717) is 12.6 Å². The molecule has 31 heavy (non-hydrogen) atoms. The molecule has 1 atom stereocenters. The number of hydrogen-bond acceptors (Lipinski definition) is 5. The van der Waals surface area contributed by atoms with Gasteiger partial charge in [0, 0.05) is 23.3 Å². The molecule has 3 aromatic heterocycles. The van der Waals surface area contributed by atoms with E-state index in [1.165, 1.54) is 21.6 Å². The van der Waals surface area contributed by atoms with Crippen LogP contribution >= 0.6 is 11.3 Å². The molecule has 0 saturated heterocycles. The van der Waals surface area contributed by atoms with Crippen LogP contribution in [0.2, 0.25) is 0 Å².